The Balaban J connectivity index is 2.06. The summed E-state index contributed by atoms with van der Waals surface area (Å²) >= 11 is 0. The van der Waals surface area contributed by atoms with E-state index in [-0.39, 0.29) is 6.54 Å². The van der Waals surface area contributed by atoms with E-state index in [1.54, 1.807) is 6.21 Å². The Morgan fingerprint density at radius 2 is 1.96 bits per heavy atom. The number of nitrogens with zero attached hydrogens (tertiary/aromatic N) is 3. The number of fused-ring (bicyclic) bond motifs is 1. The number of alkyl carbamates (subject to hydrolysis) is 1. The van der Waals surface area contributed by atoms with Crippen LogP contribution in [0.5, 0.6) is 0 Å². The van der Waals surface area contributed by atoms with Gasteiger partial charge in [0.15, 0.2) is 0 Å². The minimum Gasteiger partial charge on any atom is -0.444 e. The van der Waals surface area contributed by atoms with E-state index in [1.807, 2.05) is 70.5 Å². The summed E-state index contributed by atoms with van der Waals surface area (Å²) in [5, 5.41) is 2.68. The number of nitrogens with one attached hydrogen (secondary N) is 1. The molecule has 1 atom stereocenters. The van der Waals surface area contributed by atoms with E-state index in [0.717, 1.165) is 11.2 Å². The summed E-state index contributed by atoms with van der Waals surface area (Å²) in [6, 6.07) is 3.70. The summed E-state index contributed by atoms with van der Waals surface area (Å²) in [4.78, 5) is 16.2. The molecule has 8 heteroatoms. The third-order valence-corrected chi connectivity index (χ3v) is 4.50. The normalized spacial score (nSPS) is 13.9. The van der Waals surface area contributed by atoms with E-state index >= 15 is 0 Å². The number of ether oxygens (including phenoxy) is 1. The van der Waals surface area contributed by atoms with E-state index in [0.29, 0.717) is 5.69 Å². The van der Waals surface area contributed by atoms with E-state index in [2.05, 4.69) is 14.7 Å². The summed E-state index contributed by atoms with van der Waals surface area (Å²) in [7, 11) is -1.30. The van der Waals surface area contributed by atoms with Crippen LogP contribution in [0, 0.1) is 0 Å². The predicted octanol–water partition coefficient (Wildman–Crippen LogP) is 3.24. The van der Waals surface area contributed by atoms with Crippen molar-refractivity contribution >= 4 is 28.9 Å². The van der Waals surface area contributed by atoms with Gasteiger partial charge in [-0.3, -0.25) is 0 Å². The van der Waals surface area contributed by atoms with Gasteiger partial charge in [0.25, 0.3) is 0 Å². The van der Waals surface area contributed by atoms with Gasteiger partial charge in [-0.25, -0.2) is 14.0 Å². The first-order chi connectivity index (χ1) is 11.9. The van der Waals surface area contributed by atoms with E-state index < -0.39 is 27.4 Å². The highest BCUT2D eigenvalue weighted by molar-refractivity contribution is 7.85. The van der Waals surface area contributed by atoms with Gasteiger partial charge in [-0.05, 0) is 53.7 Å². The Hall–Kier alpha value is -2.22. The lowest BCUT2D eigenvalue weighted by Crippen LogP contribution is -2.32. The van der Waals surface area contributed by atoms with Crippen molar-refractivity contribution in [2.24, 2.45) is 4.40 Å². The van der Waals surface area contributed by atoms with Crippen LogP contribution < -0.4 is 5.32 Å². The highest BCUT2D eigenvalue weighted by Crippen LogP contribution is 2.13. The third-order valence-electron chi connectivity index (χ3n) is 3.16. The number of amides is 1. The van der Waals surface area contributed by atoms with Gasteiger partial charge in [-0.15, -0.1) is 0 Å². The summed E-state index contributed by atoms with van der Waals surface area (Å²) in [6.07, 6.45) is 4.79. The fourth-order valence-corrected chi connectivity index (χ4v) is 2.50. The summed E-state index contributed by atoms with van der Waals surface area (Å²) in [5.41, 5.74) is 1.74. The smallest absolute Gasteiger partial charge is 0.407 e. The van der Waals surface area contributed by atoms with E-state index in [1.165, 1.54) is 0 Å². The van der Waals surface area contributed by atoms with Crippen LogP contribution in [0.2, 0.25) is 0 Å². The number of aromatic nitrogens is 2. The Morgan fingerprint density at radius 1 is 1.27 bits per heavy atom. The summed E-state index contributed by atoms with van der Waals surface area (Å²) < 4.78 is 22.8. The molecular weight excluding hydrogens is 352 g/mol. The fraction of sp³-hybridized carbons (Fsp3) is 0.500. The summed E-state index contributed by atoms with van der Waals surface area (Å²) in [5.74, 6) is 0. The molecule has 0 saturated heterocycles. The zero-order valence-corrected chi connectivity index (χ0v) is 16.9. The molecule has 0 saturated carbocycles. The van der Waals surface area contributed by atoms with Crippen molar-refractivity contribution in [1.82, 2.24) is 14.7 Å². The maximum atomic E-state index is 12.0. The molecule has 26 heavy (non-hydrogen) atoms. The molecule has 0 aliphatic carbocycles. The molecule has 2 aromatic heterocycles. The van der Waals surface area contributed by atoms with Crippen molar-refractivity contribution in [2.45, 2.75) is 58.4 Å². The SMILES string of the molecule is CC(C)(C)OC(=O)NCc1cn2cc(/C=N\S(=O)C(C)(C)C)ccc2n1. The lowest BCUT2D eigenvalue weighted by molar-refractivity contribution is 0.0523. The highest BCUT2D eigenvalue weighted by Gasteiger charge is 2.18. The lowest BCUT2D eigenvalue weighted by Gasteiger charge is -2.19. The average molecular weight is 378 g/mol. The second-order valence-corrected chi connectivity index (χ2v) is 9.85. The molecule has 142 valence electrons. The third kappa shape index (κ3) is 5.94. The minimum atomic E-state index is -1.30. The van der Waals surface area contributed by atoms with Crippen molar-refractivity contribution in [3.05, 3.63) is 35.8 Å². The Bertz CT molecular complexity index is 844. The first-order valence-electron chi connectivity index (χ1n) is 8.34. The molecular formula is C18H26N4O3S. The maximum absolute atomic E-state index is 12.0. The Labute approximate surface area is 156 Å². The molecule has 2 aromatic rings. The van der Waals surface area contributed by atoms with Gasteiger partial charge >= 0.3 is 6.09 Å². The number of carbonyl (C=O) groups is 1. The maximum Gasteiger partial charge on any atom is 0.407 e. The fourth-order valence-electron chi connectivity index (χ4n) is 1.97. The zero-order chi connectivity index (χ0) is 19.5. The van der Waals surface area contributed by atoms with Gasteiger partial charge in [0.1, 0.15) is 22.2 Å². The van der Waals surface area contributed by atoms with Crippen LogP contribution in [-0.4, -0.2) is 36.2 Å². The molecule has 7 nitrogen and oxygen atoms in total. The molecule has 2 heterocycles. The van der Waals surface area contributed by atoms with Gasteiger partial charge in [-0.2, -0.15) is 4.40 Å². The van der Waals surface area contributed by atoms with Gasteiger partial charge in [-0.1, -0.05) is 0 Å². The lowest BCUT2D eigenvalue weighted by atomic mass is 10.2. The minimum absolute atomic E-state index is 0.272. The Morgan fingerprint density at radius 3 is 2.58 bits per heavy atom. The second kappa shape index (κ2) is 7.57. The highest BCUT2D eigenvalue weighted by atomic mass is 32.2. The monoisotopic (exact) mass is 378 g/mol. The molecule has 0 radical (unpaired) electrons. The molecule has 0 aliphatic rings. The first-order valence-corrected chi connectivity index (χ1v) is 9.45. The number of hydrogen-bond donors (Lipinski definition) is 1. The molecule has 0 spiro atoms. The van der Waals surface area contributed by atoms with Crippen LogP contribution in [-0.2, 0) is 22.3 Å². The molecule has 1 unspecified atom stereocenters. The average Bonchev–Trinajstić information content (AvgIpc) is 2.90. The van der Waals surface area contributed by atoms with Crippen molar-refractivity contribution in [3.8, 4) is 0 Å². The number of hydrogen-bond acceptors (Lipinski definition) is 4. The summed E-state index contributed by atoms with van der Waals surface area (Å²) in [6.45, 7) is 11.3. The molecule has 0 fully saturated rings. The standard InChI is InChI=1S/C18H26N4O3S/c1-17(2,3)25-16(23)19-10-14-12-22-11-13(7-8-15(22)21-14)9-20-26(24)18(4,5)6/h7-9,11-12H,10H2,1-6H3,(H,19,23)/b20-9-. The number of carbonyl (C=O) groups excluding carboxylic acids is 1. The number of pyridine rings is 1. The number of imidazole rings is 1. The molecule has 0 aliphatic heterocycles. The van der Waals surface area contributed by atoms with Crippen LogP contribution in [0.3, 0.4) is 0 Å². The molecule has 1 amide bonds. The predicted molar refractivity (Wildman–Crippen MR) is 104 cm³/mol. The van der Waals surface area contributed by atoms with Gasteiger partial charge < -0.3 is 14.5 Å². The molecule has 0 bridgehead atoms. The molecule has 0 aromatic carbocycles. The molecule has 2 rings (SSSR count). The van der Waals surface area contributed by atoms with Crippen molar-refractivity contribution in [3.63, 3.8) is 0 Å². The van der Waals surface area contributed by atoms with Crippen LogP contribution in [0.15, 0.2) is 28.9 Å². The van der Waals surface area contributed by atoms with Crippen LogP contribution in [0.25, 0.3) is 5.65 Å². The van der Waals surface area contributed by atoms with Gasteiger partial charge in [0.05, 0.1) is 17.0 Å². The van der Waals surface area contributed by atoms with E-state index in [9.17, 15) is 9.00 Å². The second-order valence-electron chi connectivity index (χ2n) is 7.91. The van der Waals surface area contributed by atoms with Crippen molar-refractivity contribution in [1.29, 1.82) is 0 Å². The van der Waals surface area contributed by atoms with Crippen molar-refractivity contribution in [2.75, 3.05) is 0 Å². The number of rotatable bonds is 4. The van der Waals surface area contributed by atoms with Gasteiger partial charge in [0, 0.05) is 24.2 Å². The topological polar surface area (TPSA) is 85.1 Å². The largest absolute Gasteiger partial charge is 0.444 e. The van der Waals surface area contributed by atoms with Gasteiger partial charge in [0.2, 0.25) is 0 Å². The van der Waals surface area contributed by atoms with Crippen LogP contribution in [0.1, 0.15) is 52.8 Å². The van der Waals surface area contributed by atoms with Crippen molar-refractivity contribution < 1.29 is 13.7 Å². The molecule has 1 N–H and O–H groups in total. The van der Waals surface area contributed by atoms with Crippen LogP contribution in [0.4, 0.5) is 4.79 Å². The Kier molecular flexibility index (Phi) is 5.85. The van der Waals surface area contributed by atoms with E-state index in [4.69, 9.17) is 4.74 Å². The van der Waals surface area contributed by atoms with Crippen LogP contribution >= 0.6 is 0 Å². The first kappa shape index (κ1) is 20.1. The zero-order valence-electron chi connectivity index (χ0n) is 16.1. The quantitative estimate of drug-likeness (QED) is 0.828.